The summed E-state index contributed by atoms with van der Waals surface area (Å²) in [5, 5.41) is 9.79. The highest BCUT2D eigenvalue weighted by atomic mass is 19.2. The van der Waals surface area contributed by atoms with E-state index in [1.807, 2.05) is 12.2 Å². The summed E-state index contributed by atoms with van der Waals surface area (Å²) >= 11 is 0. The number of alkyl halides is 1. The van der Waals surface area contributed by atoms with Gasteiger partial charge in [-0.15, -0.1) is 0 Å². The Morgan fingerprint density at radius 1 is 1.18 bits per heavy atom. The van der Waals surface area contributed by atoms with Crippen LogP contribution < -0.4 is 0 Å². The van der Waals surface area contributed by atoms with E-state index in [0.717, 1.165) is 63.9 Å². The van der Waals surface area contributed by atoms with Crippen LogP contribution in [-0.2, 0) is 23.7 Å². The van der Waals surface area contributed by atoms with Gasteiger partial charge in [0.05, 0.1) is 12.7 Å². The van der Waals surface area contributed by atoms with Gasteiger partial charge in [0.15, 0.2) is 12.6 Å². The van der Waals surface area contributed by atoms with Crippen molar-refractivity contribution in [2.24, 2.45) is 5.41 Å². The molecule has 7 heteroatoms. The largest absolute Gasteiger partial charge is 0.464 e. The molecule has 0 aromatic rings. The molecule has 190 valence electrons. The number of ether oxygens (including phenoxy) is 5. The Morgan fingerprint density at radius 3 is 2.53 bits per heavy atom. The van der Waals surface area contributed by atoms with Crippen molar-refractivity contribution < 1.29 is 33.2 Å². The van der Waals surface area contributed by atoms with Gasteiger partial charge >= 0.3 is 6.04 Å². The van der Waals surface area contributed by atoms with E-state index < -0.39 is 6.04 Å². The molecule has 2 saturated heterocycles. The van der Waals surface area contributed by atoms with Crippen molar-refractivity contribution >= 4 is 0 Å². The lowest BCUT2D eigenvalue weighted by Crippen LogP contribution is -2.36. The van der Waals surface area contributed by atoms with Crippen LogP contribution in [0.25, 0.3) is 0 Å². The van der Waals surface area contributed by atoms with E-state index in [-0.39, 0.29) is 29.9 Å². The van der Waals surface area contributed by atoms with E-state index in [1.54, 1.807) is 6.08 Å². The minimum atomic E-state index is -2.82. The van der Waals surface area contributed by atoms with Crippen molar-refractivity contribution in [1.82, 2.24) is 0 Å². The lowest BCUT2D eigenvalue weighted by molar-refractivity contribution is -0.220. The van der Waals surface area contributed by atoms with Crippen molar-refractivity contribution in [3.8, 4) is 0 Å². The molecule has 4 unspecified atom stereocenters. The summed E-state index contributed by atoms with van der Waals surface area (Å²) in [6, 6.07) is -2.82. The highest BCUT2D eigenvalue weighted by Crippen LogP contribution is 2.43. The summed E-state index contributed by atoms with van der Waals surface area (Å²) < 4.78 is 43.5. The number of allylic oxidation sites excluding steroid dienone is 3. The Hall–Kier alpha value is -1.67. The maximum Gasteiger partial charge on any atom is 0.383 e. The molecular formula is C27H39FO6. The van der Waals surface area contributed by atoms with Gasteiger partial charge in [0.1, 0.15) is 11.5 Å². The normalized spacial score (nSPS) is 30.7. The molecule has 0 aromatic carbocycles. The number of hydrogen-bond donors (Lipinski definition) is 1. The quantitative estimate of drug-likeness (QED) is 0.419. The molecule has 0 bridgehead atoms. The van der Waals surface area contributed by atoms with Crippen LogP contribution >= 0.6 is 0 Å². The van der Waals surface area contributed by atoms with Crippen molar-refractivity contribution in [3.05, 3.63) is 47.0 Å². The third-order valence-corrected chi connectivity index (χ3v) is 6.87. The van der Waals surface area contributed by atoms with E-state index in [0.29, 0.717) is 30.1 Å². The first-order chi connectivity index (χ1) is 16.3. The third kappa shape index (κ3) is 6.30. The van der Waals surface area contributed by atoms with Crippen LogP contribution in [0, 0.1) is 5.41 Å². The average Bonchev–Trinajstić information content (AvgIpc) is 3.27. The maximum absolute atomic E-state index is 14.2. The summed E-state index contributed by atoms with van der Waals surface area (Å²) in [7, 11) is 0. The van der Waals surface area contributed by atoms with Crippen LogP contribution in [0.5, 0.6) is 0 Å². The molecule has 4 rings (SSSR count). The van der Waals surface area contributed by atoms with E-state index in [2.05, 4.69) is 20.8 Å². The predicted octanol–water partition coefficient (Wildman–Crippen LogP) is 5.94. The lowest BCUT2D eigenvalue weighted by atomic mass is 9.81. The molecule has 3 aliphatic heterocycles. The molecular weight excluding hydrogens is 439 g/mol. The van der Waals surface area contributed by atoms with Gasteiger partial charge in [0.2, 0.25) is 0 Å². The first-order valence-electron chi connectivity index (χ1n) is 12.8. The zero-order valence-corrected chi connectivity index (χ0v) is 20.7. The Bertz CT molecular complexity index is 828. The molecule has 1 N–H and O–H groups in total. The molecule has 2 fully saturated rings. The Balaban J connectivity index is 1.59. The summed E-state index contributed by atoms with van der Waals surface area (Å²) in [4.78, 5) is 0. The zero-order valence-electron chi connectivity index (χ0n) is 20.7. The van der Waals surface area contributed by atoms with Gasteiger partial charge in [-0.1, -0.05) is 45.8 Å². The second kappa shape index (κ2) is 10.9. The van der Waals surface area contributed by atoms with Gasteiger partial charge in [-0.25, -0.2) is 0 Å². The Morgan fingerprint density at radius 2 is 1.88 bits per heavy atom. The molecule has 0 radical (unpaired) electrons. The van der Waals surface area contributed by atoms with E-state index >= 15 is 0 Å². The van der Waals surface area contributed by atoms with Crippen molar-refractivity contribution in [2.75, 3.05) is 13.2 Å². The summed E-state index contributed by atoms with van der Waals surface area (Å²) in [6.07, 6.45) is 14.9. The standard InChI is InChI=1S/C27H39FO6/c1-4-5-14-26(2,3)23(33-25-11-7-9-16-31-25)13-12-19-20-18-27(28,29)34-22(20)17-21(19)32-24-10-6-8-15-30-24/h12-13,17-18,23-25,29H,4-11,14-16H2,1-3H3. The Kier molecular flexibility index (Phi) is 8.18. The van der Waals surface area contributed by atoms with Crippen molar-refractivity contribution in [1.29, 1.82) is 0 Å². The fourth-order valence-electron chi connectivity index (χ4n) is 4.78. The maximum atomic E-state index is 14.2. The number of unbranched alkanes of at least 4 members (excludes halogenated alkanes) is 1. The molecule has 0 amide bonds. The monoisotopic (exact) mass is 478 g/mol. The van der Waals surface area contributed by atoms with Crippen LogP contribution in [0.2, 0.25) is 0 Å². The number of aliphatic hydroxyl groups is 1. The molecule has 34 heavy (non-hydrogen) atoms. The van der Waals surface area contributed by atoms with Crippen LogP contribution in [0.4, 0.5) is 4.39 Å². The first-order valence-corrected chi connectivity index (χ1v) is 12.8. The number of hydrogen-bond acceptors (Lipinski definition) is 6. The van der Waals surface area contributed by atoms with Crippen LogP contribution in [-0.4, -0.2) is 43.0 Å². The number of rotatable bonds is 10. The molecule has 0 aromatic heterocycles. The topological polar surface area (TPSA) is 66.4 Å². The van der Waals surface area contributed by atoms with Gasteiger partial charge in [-0.3, -0.25) is 0 Å². The highest BCUT2D eigenvalue weighted by Gasteiger charge is 2.41. The second-order valence-corrected chi connectivity index (χ2v) is 10.3. The van der Waals surface area contributed by atoms with Crippen LogP contribution in [0.15, 0.2) is 47.0 Å². The van der Waals surface area contributed by atoms with Gasteiger partial charge in [-0.2, -0.15) is 4.39 Å². The van der Waals surface area contributed by atoms with Gasteiger partial charge in [0.25, 0.3) is 0 Å². The fourth-order valence-corrected chi connectivity index (χ4v) is 4.78. The molecule has 4 atom stereocenters. The SMILES string of the molecule is CCCCC(C)(C)C(C=CC1=C(OC2CCCCO2)C=C2OC(O)(F)C=C21)OC1CCCCO1. The second-order valence-electron chi connectivity index (χ2n) is 10.3. The van der Waals surface area contributed by atoms with Gasteiger partial charge in [-0.05, 0) is 43.9 Å². The van der Waals surface area contributed by atoms with Crippen molar-refractivity contribution in [3.63, 3.8) is 0 Å². The third-order valence-electron chi connectivity index (χ3n) is 6.87. The Labute approximate surface area is 202 Å². The molecule has 0 spiro atoms. The highest BCUT2D eigenvalue weighted by molar-refractivity contribution is 5.62. The van der Waals surface area contributed by atoms with Crippen molar-refractivity contribution in [2.45, 2.75) is 103 Å². The van der Waals surface area contributed by atoms with Gasteiger partial charge < -0.3 is 28.8 Å². The lowest BCUT2D eigenvalue weighted by Gasteiger charge is -2.36. The number of fused-ring (bicyclic) bond motifs is 1. The molecule has 6 nitrogen and oxygen atoms in total. The fraction of sp³-hybridized carbons (Fsp3) is 0.704. The first kappa shape index (κ1) is 25.4. The zero-order chi connectivity index (χ0) is 24.2. The molecule has 4 aliphatic rings. The smallest absolute Gasteiger partial charge is 0.383 e. The van der Waals surface area contributed by atoms with Crippen LogP contribution in [0.3, 0.4) is 0 Å². The van der Waals surface area contributed by atoms with Crippen LogP contribution in [0.1, 0.15) is 78.6 Å². The molecule has 0 saturated carbocycles. The average molecular weight is 479 g/mol. The predicted molar refractivity (Wildman–Crippen MR) is 126 cm³/mol. The minimum Gasteiger partial charge on any atom is -0.464 e. The number of halogens is 1. The van der Waals surface area contributed by atoms with E-state index in [4.69, 9.17) is 23.7 Å². The summed E-state index contributed by atoms with van der Waals surface area (Å²) in [5.74, 6) is 0.813. The summed E-state index contributed by atoms with van der Waals surface area (Å²) in [6.45, 7) is 7.97. The summed E-state index contributed by atoms with van der Waals surface area (Å²) in [5.41, 5.74) is 1.01. The van der Waals surface area contributed by atoms with Gasteiger partial charge in [0, 0.05) is 36.3 Å². The van der Waals surface area contributed by atoms with E-state index in [1.165, 1.54) is 0 Å². The molecule has 3 heterocycles. The molecule has 1 aliphatic carbocycles. The van der Waals surface area contributed by atoms with E-state index in [9.17, 15) is 9.50 Å². The minimum absolute atomic E-state index is 0.127.